The molecule has 0 radical (unpaired) electrons. The SMILES string of the molecule is CCNc1cc([N+](=O)[O-])cc(NCC(O)(CC)CC)n1. The molecule has 0 spiro atoms. The summed E-state index contributed by atoms with van der Waals surface area (Å²) in [4.78, 5) is 14.7. The van der Waals surface area contributed by atoms with Crippen molar-refractivity contribution in [3.05, 3.63) is 22.2 Å². The van der Waals surface area contributed by atoms with E-state index in [1.54, 1.807) is 0 Å². The predicted octanol–water partition coefficient (Wildman–Crippen LogP) is 2.38. The molecule has 0 aliphatic heterocycles. The molecule has 7 heteroatoms. The van der Waals surface area contributed by atoms with Gasteiger partial charge in [-0.05, 0) is 19.8 Å². The predicted molar refractivity (Wildman–Crippen MR) is 79.1 cm³/mol. The molecule has 0 unspecified atom stereocenters. The van der Waals surface area contributed by atoms with Crippen LogP contribution in [0.25, 0.3) is 0 Å². The molecule has 3 N–H and O–H groups in total. The van der Waals surface area contributed by atoms with Crippen molar-refractivity contribution in [3.63, 3.8) is 0 Å². The lowest BCUT2D eigenvalue weighted by atomic mass is 9.98. The lowest BCUT2D eigenvalue weighted by Crippen LogP contribution is -2.35. The maximum Gasteiger partial charge on any atom is 0.276 e. The zero-order chi connectivity index (χ0) is 15.2. The van der Waals surface area contributed by atoms with Crippen molar-refractivity contribution in [2.24, 2.45) is 0 Å². The maximum atomic E-state index is 10.9. The third kappa shape index (κ3) is 4.34. The van der Waals surface area contributed by atoms with E-state index in [0.29, 0.717) is 37.6 Å². The topological polar surface area (TPSA) is 100 Å². The monoisotopic (exact) mass is 282 g/mol. The fourth-order valence-electron chi connectivity index (χ4n) is 1.74. The van der Waals surface area contributed by atoms with Gasteiger partial charge in [0.25, 0.3) is 5.69 Å². The summed E-state index contributed by atoms with van der Waals surface area (Å²) >= 11 is 0. The van der Waals surface area contributed by atoms with Gasteiger partial charge in [-0.25, -0.2) is 4.98 Å². The van der Waals surface area contributed by atoms with Crippen molar-refractivity contribution in [1.82, 2.24) is 4.98 Å². The van der Waals surface area contributed by atoms with Crippen LogP contribution in [-0.2, 0) is 0 Å². The molecule has 1 rings (SSSR count). The van der Waals surface area contributed by atoms with Gasteiger partial charge in [-0.2, -0.15) is 0 Å². The quantitative estimate of drug-likeness (QED) is 0.500. The van der Waals surface area contributed by atoms with E-state index in [1.807, 2.05) is 20.8 Å². The number of hydrogen-bond acceptors (Lipinski definition) is 6. The number of aromatic nitrogens is 1. The summed E-state index contributed by atoms with van der Waals surface area (Å²) in [7, 11) is 0. The van der Waals surface area contributed by atoms with Crippen LogP contribution < -0.4 is 10.6 Å². The summed E-state index contributed by atoms with van der Waals surface area (Å²) in [5.41, 5.74) is -0.861. The van der Waals surface area contributed by atoms with E-state index in [-0.39, 0.29) is 5.69 Å². The average molecular weight is 282 g/mol. The molecule has 0 aliphatic carbocycles. The Morgan fingerprint density at radius 3 is 2.25 bits per heavy atom. The van der Waals surface area contributed by atoms with E-state index < -0.39 is 10.5 Å². The highest BCUT2D eigenvalue weighted by atomic mass is 16.6. The van der Waals surface area contributed by atoms with Crippen molar-refractivity contribution < 1.29 is 10.0 Å². The van der Waals surface area contributed by atoms with Crippen LogP contribution >= 0.6 is 0 Å². The van der Waals surface area contributed by atoms with Gasteiger partial charge < -0.3 is 15.7 Å². The molecule has 0 bridgehead atoms. The molecule has 1 aromatic heterocycles. The molecule has 0 amide bonds. The highest BCUT2D eigenvalue weighted by Crippen LogP contribution is 2.22. The minimum Gasteiger partial charge on any atom is -0.388 e. The summed E-state index contributed by atoms with van der Waals surface area (Å²) in [5, 5.41) is 27.0. The number of anilines is 2. The van der Waals surface area contributed by atoms with Gasteiger partial charge in [0.1, 0.15) is 11.6 Å². The van der Waals surface area contributed by atoms with Crippen LogP contribution in [0.1, 0.15) is 33.6 Å². The number of hydrogen-bond donors (Lipinski definition) is 3. The standard InChI is InChI=1S/C13H22N4O3/c1-4-13(18,5-2)9-15-12-8-10(17(19)20)7-11(16-12)14-6-3/h7-8,18H,4-6,9H2,1-3H3,(H2,14,15,16). The zero-order valence-corrected chi connectivity index (χ0v) is 12.1. The maximum absolute atomic E-state index is 10.9. The second-order valence-electron chi connectivity index (χ2n) is 4.67. The first-order chi connectivity index (χ1) is 9.44. The third-order valence-corrected chi connectivity index (χ3v) is 3.29. The van der Waals surface area contributed by atoms with Gasteiger partial charge in [-0.3, -0.25) is 10.1 Å². The number of rotatable bonds is 8. The van der Waals surface area contributed by atoms with Crippen LogP contribution in [0.4, 0.5) is 17.3 Å². The number of nitrogens with one attached hydrogen (secondary N) is 2. The van der Waals surface area contributed by atoms with Crippen LogP contribution in [0, 0.1) is 10.1 Å². The molecule has 112 valence electrons. The minimum absolute atomic E-state index is 0.0324. The Morgan fingerprint density at radius 2 is 1.80 bits per heavy atom. The molecule has 0 aromatic carbocycles. The molecule has 0 aliphatic rings. The van der Waals surface area contributed by atoms with Gasteiger partial charge in [0.05, 0.1) is 22.7 Å². The van der Waals surface area contributed by atoms with Crippen LogP contribution in [0.5, 0.6) is 0 Å². The van der Waals surface area contributed by atoms with Crippen molar-refractivity contribution in [2.45, 2.75) is 39.2 Å². The fraction of sp³-hybridized carbons (Fsp3) is 0.615. The Hall–Kier alpha value is -1.89. The Kier molecular flexibility index (Phi) is 5.69. The van der Waals surface area contributed by atoms with Gasteiger partial charge in [0.15, 0.2) is 0 Å². The number of nitrogens with zero attached hydrogens (tertiary/aromatic N) is 2. The van der Waals surface area contributed by atoms with Gasteiger partial charge >= 0.3 is 0 Å². The summed E-state index contributed by atoms with van der Waals surface area (Å²) in [5.74, 6) is 0.830. The molecule has 0 saturated heterocycles. The van der Waals surface area contributed by atoms with Crippen molar-refractivity contribution in [1.29, 1.82) is 0 Å². The molecule has 1 aromatic rings. The Bertz CT molecular complexity index is 461. The van der Waals surface area contributed by atoms with Crippen LogP contribution in [0.3, 0.4) is 0 Å². The van der Waals surface area contributed by atoms with E-state index >= 15 is 0 Å². The first-order valence-corrected chi connectivity index (χ1v) is 6.80. The lowest BCUT2D eigenvalue weighted by molar-refractivity contribution is -0.384. The summed E-state index contributed by atoms with van der Waals surface area (Å²) in [6, 6.07) is 2.76. The number of pyridine rings is 1. The third-order valence-electron chi connectivity index (χ3n) is 3.29. The van der Waals surface area contributed by atoms with Crippen molar-refractivity contribution in [3.8, 4) is 0 Å². The molecule has 0 atom stereocenters. The molecule has 0 fully saturated rings. The van der Waals surface area contributed by atoms with Gasteiger partial charge in [0, 0.05) is 13.1 Å². The van der Waals surface area contributed by atoms with E-state index in [1.165, 1.54) is 12.1 Å². The fourth-order valence-corrected chi connectivity index (χ4v) is 1.74. The smallest absolute Gasteiger partial charge is 0.276 e. The first kappa shape index (κ1) is 16.2. The zero-order valence-electron chi connectivity index (χ0n) is 12.1. The van der Waals surface area contributed by atoms with E-state index in [4.69, 9.17) is 0 Å². The molecule has 0 saturated carbocycles. The van der Waals surface area contributed by atoms with Gasteiger partial charge in [0.2, 0.25) is 0 Å². The number of nitro groups is 1. The van der Waals surface area contributed by atoms with Gasteiger partial charge in [-0.1, -0.05) is 13.8 Å². The molecule has 20 heavy (non-hydrogen) atoms. The normalized spacial score (nSPS) is 11.2. The highest BCUT2D eigenvalue weighted by molar-refractivity contribution is 5.54. The average Bonchev–Trinajstić information content (AvgIpc) is 2.45. The summed E-state index contributed by atoms with van der Waals surface area (Å²) in [6.07, 6.45) is 1.21. The van der Waals surface area contributed by atoms with E-state index in [9.17, 15) is 15.2 Å². The Labute approximate surface area is 118 Å². The van der Waals surface area contributed by atoms with Crippen LogP contribution in [-0.4, -0.2) is 33.7 Å². The second-order valence-corrected chi connectivity index (χ2v) is 4.67. The Balaban J connectivity index is 2.91. The van der Waals surface area contributed by atoms with E-state index in [2.05, 4.69) is 15.6 Å². The van der Waals surface area contributed by atoms with Crippen molar-refractivity contribution in [2.75, 3.05) is 23.7 Å². The van der Waals surface area contributed by atoms with Crippen molar-refractivity contribution >= 4 is 17.3 Å². The molecule has 7 nitrogen and oxygen atoms in total. The Morgan fingerprint density at radius 1 is 1.25 bits per heavy atom. The van der Waals surface area contributed by atoms with Gasteiger partial charge in [-0.15, -0.1) is 0 Å². The molecular weight excluding hydrogens is 260 g/mol. The highest BCUT2D eigenvalue weighted by Gasteiger charge is 2.22. The van der Waals surface area contributed by atoms with E-state index in [0.717, 1.165) is 0 Å². The molecular formula is C13H22N4O3. The summed E-state index contributed by atoms with van der Waals surface area (Å²) < 4.78 is 0. The number of aliphatic hydroxyl groups is 1. The molecule has 1 heterocycles. The minimum atomic E-state index is -0.829. The largest absolute Gasteiger partial charge is 0.388 e. The second kappa shape index (κ2) is 7.04. The summed E-state index contributed by atoms with van der Waals surface area (Å²) in [6.45, 7) is 6.62. The van der Waals surface area contributed by atoms with Crippen LogP contribution in [0.15, 0.2) is 12.1 Å². The van der Waals surface area contributed by atoms with Crippen LogP contribution in [0.2, 0.25) is 0 Å². The lowest BCUT2D eigenvalue weighted by Gasteiger charge is -2.25. The first-order valence-electron chi connectivity index (χ1n) is 6.80.